The van der Waals surface area contributed by atoms with Crippen molar-refractivity contribution in [2.75, 3.05) is 5.43 Å². The number of aryl methyl sites for hydroxylation is 1. The number of thioether (sulfide) groups is 1. The minimum atomic E-state index is 0.651. The molecule has 3 nitrogen and oxygen atoms in total. The monoisotopic (exact) mass is 211 g/mol. The molecule has 0 aliphatic carbocycles. The van der Waals surface area contributed by atoms with Gasteiger partial charge in [-0.15, -0.1) is 0 Å². The number of pyridine rings is 1. The van der Waals surface area contributed by atoms with E-state index in [0.717, 1.165) is 17.3 Å². The van der Waals surface area contributed by atoms with E-state index in [1.54, 1.807) is 0 Å². The number of hydrazine groups is 1. The van der Waals surface area contributed by atoms with Crippen LogP contribution in [0, 0.1) is 6.92 Å². The Balaban J connectivity index is 2.71. The molecule has 0 aromatic carbocycles. The molecule has 0 aliphatic rings. The zero-order chi connectivity index (χ0) is 10.6. The van der Waals surface area contributed by atoms with E-state index in [0.29, 0.717) is 5.25 Å². The molecular formula is C10H17N3S. The predicted molar refractivity (Wildman–Crippen MR) is 63.2 cm³/mol. The van der Waals surface area contributed by atoms with Crippen LogP contribution in [0.25, 0.3) is 0 Å². The number of nitrogen functional groups attached to an aromatic ring is 1. The summed E-state index contributed by atoms with van der Waals surface area (Å²) in [5.74, 6) is 7.07. The molecule has 1 heterocycles. The van der Waals surface area contributed by atoms with Crippen LogP contribution in [0.3, 0.4) is 0 Å². The SMILES string of the molecule is Cc1cc(CSC(C)C)cc(NN)n1. The first-order chi connectivity index (χ1) is 6.61. The summed E-state index contributed by atoms with van der Waals surface area (Å²) < 4.78 is 0. The lowest BCUT2D eigenvalue weighted by molar-refractivity contribution is 1.10. The number of nitrogens with zero attached hydrogens (tertiary/aromatic N) is 1. The maximum absolute atomic E-state index is 5.32. The fraction of sp³-hybridized carbons (Fsp3) is 0.500. The summed E-state index contributed by atoms with van der Waals surface area (Å²) >= 11 is 1.92. The van der Waals surface area contributed by atoms with Gasteiger partial charge in [-0.3, -0.25) is 0 Å². The third-order valence-corrected chi connectivity index (χ3v) is 2.91. The van der Waals surface area contributed by atoms with Crippen LogP contribution < -0.4 is 11.3 Å². The van der Waals surface area contributed by atoms with Gasteiger partial charge in [-0.25, -0.2) is 10.8 Å². The van der Waals surface area contributed by atoms with Crippen molar-refractivity contribution in [3.63, 3.8) is 0 Å². The molecule has 1 aromatic rings. The van der Waals surface area contributed by atoms with Gasteiger partial charge in [0.25, 0.3) is 0 Å². The molecule has 1 rings (SSSR count). The molecule has 0 saturated carbocycles. The molecule has 3 N–H and O–H groups in total. The van der Waals surface area contributed by atoms with Crippen molar-refractivity contribution < 1.29 is 0 Å². The van der Waals surface area contributed by atoms with Crippen molar-refractivity contribution in [1.82, 2.24) is 4.98 Å². The minimum Gasteiger partial charge on any atom is -0.308 e. The maximum atomic E-state index is 5.32. The Hall–Kier alpha value is -0.740. The summed E-state index contributed by atoms with van der Waals surface area (Å²) in [5.41, 5.74) is 4.84. The molecule has 0 fully saturated rings. The Bertz CT molecular complexity index is 299. The third-order valence-electron chi connectivity index (χ3n) is 1.74. The molecular weight excluding hydrogens is 194 g/mol. The van der Waals surface area contributed by atoms with Crippen molar-refractivity contribution in [2.24, 2.45) is 5.84 Å². The molecule has 0 amide bonds. The zero-order valence-electron chi connectivity index (χ0n) is 8.87. The Morgan fingerprint density at radius 2 is 2.21 bits per heavy atom. The lowest BCUT2D eigenvalue weighted by Gasteiger charge is -2.07. The minimum absolute atomic E-state index is 0.651. The number of aromatic nitrogens is 1. The van der Waals surface area contributed by atoms with E-state index in [-0.39, 0.29) is 0 Å². The second kappa shape index (κ2) is 5.22. The summed E-state index contributed by atoms with van der Waals surface area (Å²) in [7, 11) is 0. The number of nitrogens with one attached hydrogen (secondary N) is 1. The predicted octanol–water partition coefficient (Wildman–Crippen LogP) is 2.32. The van der Waals surface area contributed by atoms with Gasteiger partial charge in [0.1, 0.15) is 5.82 Å². The van der Waals surface area contributed by atoms with E-state index in [1.165, 1.54) is 5.56 Å². The van der Waals surface area contributed by atoms with Crippen LogP contribution in [0.2, 0.25) is 0 Å². The fourth-order valence-electron chi connectivity index (χ4n) is 1.16. The molecule has 1 aromatic heterocycles. The van der Waals surface area contributed by atoms with Crippen LogP contribution in [-0.2, 0) is 5.75 Å². The molecule has 0 aliphatic heterocycles. The van der Waals surface area contributed by atoms with Gasteiger partial charge in [-0.2, -0.15) is 11.8 Å². The highest BCUT2D eigenvalue weighted by atomic mass is 32.2. The van der Waals surface area contributed by atoms with Crippen LogP contribution in [0.4, 0.5) is 5.82 Å². The van der Waals surface area contributed by atoms with Crippen molar-refractivity contribution in [3.05, 3.63) is 23.4 Å². The van der Waals surface area contributed by atoms with E-state index >= 15 is 0 Å². The Morgan fingerprint density at radius 1 is 1.50 bits per heavy atom. The standard InChI is InChI=1S/C10H17N3S/c1-7(2)14-6-9-4-8(3)12-10(5-9)13-11/h4-5,7H,6,11H2,1-3H3,(H,12,13). The second-order valence-corrected chi connectivity index (χ2v) is 5.07. The number of hydrogen-bond acceptors (Lipinski definition) is 4. The highest BCUT2D eigenvalue weighted by Crippen LogP contribution is 2.19. The zero-order valence-corrected chi connectivity index (χ0v) is 9.69. The highest BCUT2D eigenvalue weighted by Gasteiger charge is 2.00. The first-order valence-electron chi connectivity index (χ1n) is 4.67. The Morgan fingerprint density at radius 3 is 2.79 bits per heavy atom. The van der Waals surface area contributed by atoms with Gasteiger partial charge < -0.3 is 5.43 Å². The van der Waals surface area contributed by atoms with E-state index in [2.05, 4.69) is 30.3 Å². The van der Waals surface area contributed by atoms with E-state index in [4.69, 9.17) is 5.84 Å². The summed E-state index contributed by atoms with van der Waals surface area (Å²) in [6, 6.07) is 4.08. The molecule has 0 bridgehead atoms. The quantitative estimate of drug-likeness (QED) is 0.593. The van der Waals surface area contributed by atoms with Crippen molar-refractivity contribution in [2.45, 2.75) is 31.8 Å². The normalized spacial score (nSPS) is 10.6. The van der Waals surface area contributed by atoms with Crippen molar-refractivity contribution in [3.8, 4) is 0 Å². The molecule has 0 spiro atoms. The lowest BCUT2D eigenvalue weighted by Crippen LogP contribution is -2.09. The molecule has 14 heavy (non-hydrogen) atoms. The van der Waals surface area contributed by atoms with Crippen LogP contribution in [0.5, 0.6) is 0 Å². The van der Waals surface area contributed by atoms with Crippen LogP contribution in [-0.4, -0.2) is 10.2 Å². The Labute approximate surface area is 89.5 Å². The van der Waals surface area contributed by atoms with Crippen molar-refractivity contribution in [1.29, 1.82) is 0 Å². The van der Waals surface area contributed by atoms with E-state index in [1.807, 2.05) is 24.8 Å². The van der Waals surface area contributed by atoms with Crippen LogP contribution in [0.15, 0.2) is 12.1 Å². The fourth-order valence-corrected chi connectivity index (χ4v) is 1.85. The lowest BCUT2D eigenvalue weighted by atomic mass is 10.2. The summed E-state index contributed by atoms with van der Waals surface area (Å²) in [4.78, 5) is 4.23. The maximum Gasteiger partial charge on any atom is 0.140 e. The molecule has 0 radical (unpaired) electrons. The first-order valence-corrected chi connectivity index (χ1v) is 5.72. The summed E-state index contributed by atoms with van der Waals surface area (Å²) in [5, 5.41) is 0.651. The topological polar surface area (TPSA) is 50.9 Å². The molecule has 0 saturated heterocycles. The average Bonchev–Trinajstić information content (AvgIpc) is 2.14. The Kier molecular flexibility index (Phi) is 4.22. The van der Waals surface area contributed by atoms with E-state index in [9.17, 15) is 0 Å². The van der Waals surface area contributed by atoms with Gasteiger partial charge in [0.15, 0.2) is 0 Å². The second-order valence-electron chi connectivity index (χ2n) is 3.51. The molecule has 4 heteroatoms. The highest BCUT2D eigenvalue weighted by molar-refractivity contribution is 7.99. The molecule has 0 unspecified atom stereocenters. The van der Waals surface area contributed by atoms with Gasteiger partial charge in [-0.05, 0) is 29.9 Å². The van der Waals surface area contributed by atoms with Gasteiger partial charge in [0.2, 0.25) is 0 Å². The van der Waals surface area contributed by atoms with Crippen LogP contribution >= 0.6 is 11.8 Å². The largest absolute Gasteiger partial charge is 0.308 e. The van der Waals surface area contributed by atoms with Gasteiger partial charge in [0, 0.05) is 11.4 Å². The van der Waals surface area contributed by atoms with Gasteiger partial charge in [0.05, 0.1) is 0 Å². The number of hydrogen-bond donors (Lipinski definition) is 2. The average molecular weight is 211 g/mol. The van der Waals surface area contributed by atoms with E-state index < -0.39 is 0 Å². The molecule has 78 valence electrons. The van der Waals surface area contributed by atoms with Gasteiger partial charge >= 0.3 is 0 Å². The number of rotatable bonds is 4. The van der Waals surface area contributed by atoms with Gasteiger partial charge in [-0.1, -0.05) is 13.8 Å². The smallest absolute Gasteiger partial charge is 0.140 e. The first kappa shape index (κ1) is 11.3. The molecule has 0 atom stereocenters. The number of nitrogens with two attached hydrogens (primary N) is 1. The summed E-state index contributed by atoms with van der Waals surface area (Å²) in [6.45, 7) is 6.37. The number of anilines is 1. The summed E-state index contributed by atoms with van der Waals surface area (Å²) in [6.07, 6.45) is 0. The third kappa shape index (κ3) is 3.55. The van der Waals surface area contributed by atoms with Crippen LogP contribution in [0.1, 0.15) is 25.1 Å². The van der Waals surface area contributed by atoms with Crippen molar-refractivity contribution >= 4 is 17.6 Å².